The van der Waals surface area contributed by atoms with Gasteiger partial charge < -0.3 is 15.8 Å². The summed E-state index contributed by atoms with van der Waals surface area (Å²) in [5.74, 6) is 0.306. The minimum Gasteiger partial charge on any atom is -0.465 e. The van der Waals surface area contributed by atoms with Gasteiger partial charge in [0.2, 0.25) is 0 Å². The van der Waals surface area contributed by atoms with Crippen LogP contribution >= 0.6 is 0 Å². The zero-order chi connectivity index (χ0) is 14.5. The van der Waals surface area contributed by atoms with Crippen molar-refractivity contribution in [2.75, 3.05) is 24.7 Å². The second-order valence-corrected chi connectivity index (χ2v) is 4.27. The molecule has 0 unspecified atom stereocenters. The number of methoxy groups -OCH3 is 1. The van der Waals surface area contributed by atoms with Crippen molar-refractivity contribution in [1.82, 2.24) is 14.8 Å². The van der Waals surface area contributed by atoms with Crippen molar-refractivity contribution >= 4 is 17.3 Å². The number of hydrogen-bond acceptors (Lipinski definition) is 6. The van der Waals surface area contributed by atoms with Crippen LogP contribution in [0.2, 0.25) is 0 Å². The van der Waals surface area contributed by atoms with Gasteiger partial charge in [0, 0.05) is 20.0 Å². The van der Waals surface area contributed by atoms with Crippen LogP contribution in [0.1, 0.15) is 16.2 Å². The van der Waals surface area contributed by atoms with Gasteiger partial charge in [0.15, 0.2) is 5.82 Å². The molecule has 0 aliphatic heterocycles. The molecule has 0 saturated carbocycles. The zero-order valence-corrected chi connectivity index (χ0v) is 11.5. The molecule has 20 heavy (non-hydrogen) atoms. The molecular formula is C13H17N5O2. The number of nitrogen functional groups attached to an aromatic ring is 1. The van der Waals surface area contributed by atoms with E-state index < -0.39 is 5.97 Å². The molecule has 0 amide bonds. The van der Waals surface area contributed by atoms with E-state index in [1.54, 1.807) is 23.1 Å². The number of nitrogens with two attached hydrogens (primary N) is 1. The second kappa shape index (κ2) is 6.05. The summed E-state index contributed by atoms with van der Waals surface area (Å²) in [6.45, 7) is 0.624. The van der Waals surface area contributed by atoms with E-state index >= 15 is 0 Å². The summed E-state index contributed by atoms with van der Waals surface area (Å²) in [6.07, 6.45) is 2.32. The maximum absolute atomic E-state index is 11.5. The van der Waals surface area contributed by atoms with E-state index in [-0.39, 0.29) is 0 Å². The summed E-state index contributed by atoms with van der Waals surface area (Å²) in [4.78, 5) is 15.7. The van der Waals surface area contributed by atoms with Crippen molar-refractivity contribution < 1.29 is 9.53 Å². The highest BCUT2D eigenvalue weighted by Crippen LogP contribution is 2.23. The van der Waals surface area contributed by atoms with Crippen LogP contribution in [-0.4, -0.2) is 34.4 Å². The van der Waals surface area contributed by atoms with Gasteiger partial charge in [-0.1, -0.05) is 6.07 Å². The third kappa shape index (κ3) is 3.05. The predicted molar refractivity (Wildman–Crippen MR) is 75.4 cm³/mol. The molecule has 2 rings (SSSR count). The standard InChI is InChI=1S/C13H17N5O2/c1-18-8-16-11(17-18)6-7-15-10-5-3-4-9(12(10)14)13(19)20-2/h3-5,8,15H,6-7,14H2,1-2H3. The van der Waals surface area contributed by atoms with Gasteiger partial charge in [0.1, 0.15) is 6.33 Å². The minimum absolute atomic E-state index is 0.355. The Morgan fingerprint density at radius 1 is 1.50 bits per heavy atom. The Morgan fingerprint density at radius 3 is 2.95 bits per heavy atom. The highest BCUT2D eigenvalue weighted by Gasteiger charge is 2.12. The van der Waals surface area contributed by atoms with Gasteiger partial charge in [-0.15, -0.1) is 0 Å². The molecule has 0 bridgehead atoms. The lowest BCUT2D eigenvalue weighted by Gasteiger charge is -2.11. The average molecular weight is 275 g/mol. The highest BCUT2D eigenvalue weighted by atomic mass is 16.5. The van der Waals surface area contributed by atoms with Gasteiger partial charge in [-0.2, -0.15) is 5.10 Å². The summed E-state index contributed by atoms with van der Waals surface area (Å²) in [6, 6.07) is 5.20. The number of benzene rings is 1. The second-order valence-electron chi connectivity index (χ2n) is 4.27. The van der Waals surface area contributed by atoms with Gasteiger partial charge in [-0.25, -0.2) is 9.78 Å². The number of carbonyl (C=O) groups is 1. The van der Waals surface area contributed by atoms with E-state index in [0.717, 1.165) is 5.82 Å². The van der Waals surface area contributed by atoms with Crippen LogP contribution < -0.4 is 11.1 Å². The van der Waals surface area contributed by atoms with E-state index in [0.29, 0.717) is 29.9 Å². The Bertz CT molecular complexity index is 609. The SMILES string of the molecule is COC(=O)c1cccc(NCCc2ncn(C)n2)c1N. The van der Waals surface area contributed by atoms with Crippen LogP contribution in [-0.2, 0) is 18.2 Å². The fraction of sp³-hybridized carbons (Fsp3) is 0.308. The Kier molecular flexibility index (Phi) is 4.19. The number of hydrogen-bond donors (Lipinski definition) is 2. The Labute approximate surface area is 116 Å². The van der Waals surface area contributed by atoms with Gasteiger partial charge in [0.25, 0.3) is 0 Å². The number of aromatic nitrogens is 3. The van der Waals surface area contributed by atoms with E-state index in [1.807, 2.05) is 13.1 Å². The van der Waals surface area contributed by atoms with Crippen molar-refractivity contribution in [1.29, 1.82) is 0 Å². The monoisotopic (exact) mass is 275 g/mol. The van der Waals surface area contributed by atoms with E-state index in [4.69, 9.17) is 5.73 Å². The number of anilines is 2. The first-order valence-electron chi connectivity index (χ1n) is 6.17. The van der Waals surface area contributed by atoms with E-state index in [2.05, 4.69) is 20.1 Å². The number of carbonyl (C=O) groups excluding carboxylic acids is 1. The molecule has 0 atom stereocenters. The first-order chi connectivity index (χ1) is 9.61. The number of rotatable bonds is 5. The minimum atomic E-state index is -0.447. The van der Waals surface area contributed by atoms with Crippen LogP contribution in [0.25, 0.3) is 0 Å². The largest absolute Gasteiger partial charge is 0.465 e. The van der Waals surface area contributed by atoms with Crippen LogP contribution in [0.15, 0.2) is 24.5 Å². The van der Waals surface area contributed by atoms with Crippen molar-refractivity contribution in [3.8, 4) is 0 Å². The summed E-state index contributed by atoms with van der Waals surface area (Å²) in [5, 5.41) is 7.35. The fourth-order valence-corrected chi connectivity index (χ4v) is 1.81. The number of ether oxygens (including phenoxy) is 1. The Hall–Kier alpha value is -2.57. The molecule has 3 N–H and O–H groups in total. The lowest BCUT2D eigenvalue weighted by atomic mass is 10.1. The smallest absolute Gasteiger partial charge is 0.340 e. The highest BCUT2D eigenvalue weighted by molar-refractivity contribution is 5.98. The number of nitrogens with one attached hydrogen (secondary N) is 1. The summed E-state index contributed by atoms with van der Waals surface area (Å²) in [5.41, 5.74) is 7.38. The maximum atomic E-state index is 11.5. The van der Waals surface area contributed by atoms with Crippen molar-refractivity contribution in [3.63, 3.8) is 0 Å². The lowest BCUT2D eigenvalue weighted by molar-refractivity contribution is 0.0602. The number of aryl methyl sites for hydroxylation is 1. The van der Waals surface area contributed by atoms with Gasteiger partial charge in [0.05, 0.1) is 24.0 Å². The van der Waals surface area contributed by atoms with Crippen molar-refractivity contribution in [2.45, 2.75) is 6.42 Å². The van der Waals surface area contributed by atoms with Crippen molar-refractivity contribution in [3.05, 3.63) is 35.9 Å². The molecule has 0 spiro atoms. The van der Waals surface area contributed by atoms with Crippen LogP contribution in [0.3, 0.4) is 0 Å². The number of para-hydroxylation sites is 1. The molecule has 1 aromatic heterocycles. The quantitative estimate of drug-likeness (QED) is 0.620. The fourth-order valence-electron chi connectivity index (χ4n) is 1.81. The maximum Gasteiger partial charge on any atom is 0.340 e. The third-order valence-electron chi connectivity index (χ3n) is 2.82. The predicted octanol–water partition coefficient (Wildman–Crippen LogP) is 0.838. The Balaban J connectivity index is 2.01. The normalized spacial score (nSPS) is 10.3. The summed E-state index contributed by atoms with van der Waals surface area (Å²) in [7, 11) is 3.15. The number of nitrogens with zero attached hydrogens (tertiary/aromatic N) is 3. The summed E-state index contributed by atoms with van der Waals surface area (Å²) >= 11 is 0. The molecule has 7 nitrogen and oxygen atoms in total. The van der Waals surface area contributed by atoms with Crippen LogP contribution in [0.4, 0.5) is 11.4 Å². The van der Waals surface area contributed by atoms with E-state index in [9.17, 15) is 4.79 Å². The first-order valence-corrected chi connectivity index (χ1v) is 6.17. The van der Waals surface area contributed by atoms with Crippen molar-refractivity contribution in [2.24, 2.45) is 7.05 Å². The van der Waals surface area contributed by atoms with E-state index in [1.165, 1.54) is 7.11 Å². The average Bonchev–Trinajstić information content (AvgIpc) is 2.85. The topological polar surface area (TPSA) is 95.1 Å². The molecular weight excluding hydrogens is 258 g/mol. The van der Waals surface area contributed by atoms with Gasteiger partial charge in [-0.3, -0.25) is 4.68 Å². The molecule has 2 aromatic rings. The van der Waals surface area contributed by atoms with Crippen LogP contribution in [0.5, 0.6) is 0 Å². The molecule has 0 aliphatic carbocycles. The Morgan fingerprint density at radius 2 is 2.30 bits per heavy atom. The molecule has 0 saturated heterocycles. The number of esters is 1. The lowest BCUT2D eigenvalue weighted by Crippen LogP contribution is -2.11. The zero-order valence-electron chi connectivity index (χ0n) is 11.5. The van der Waals surface area contributed by atoms with Crippen LogP contribution in [0, 0.1) is 0 Å². The molecule has 106 valence electrons. The third-order valence-corrected chi connectivity index (χ3v) is 2.82. The molecule has 0 fully saturated rings. The molecule has 0 radical (unpaired) electrons. The molecule has 0 aliphatic rings. The molecule has 1 aromatic carbocycles. The molecule has 7 heteroatoms. The van der Waals surface area contributed by atoms with Gasteiger partial charge in [-0.05, 0) is 12.1 Å². The van der Waals surface area contributed by atoms with Gasteiger partial charge >= 0.3 is 5.97 Å². The summed E-state index contributed by atoms with van der Waals surface area (Å²) < 4.78 is 6.33. The molecule has 1 heterocycles. The first kappa shape index (κ1) is 13.9.